The van der Waals surface area contributed by atoms with E-state index in [0.717, 1.165) is 37.4 Å². The highest BCUT2D eigenvalue weighted by Gasteiger charge is 2.33. The number of nitrogen functional groups attached to an aromatic ring is 1. The van der Waals surface area contributed by atoms with Crippen LogP contribution >= 0.6 is 0 Å². The van der Waals surface area contributed by atoms with Crippen molar-refractivity contribution < 1.29 is 0 Å². The predicted molar refractivity (Wildman–Crippen MR) is 76.2 cm³/mol. The maximum Gasteiger partial charge on any atom is 0.231 e. The largest absolute Gasteiger partial charge is 0.368 e. The molecule has 2 fully saturated rings. The predicted octanol–water partition coefficient (Wildman–Crippen LogP) is 1.15. The van der Waals surface area contributed by atoms with Gasteiger partial charge in [-0.1, -0.05) is 6.92 Å². The molecule has 1 aromatic rings. The van der Waals surface area contributed by atoms with Gasteiger partial charge in [0.1, 0.15) is 0 Å². The molecule has 1 aliphatic carbocycles. The van der Waals surface area contributed by atoms with Gasteiger partial charge in [0, 0.05) is 26.7 Å². The highest BCUT2D eigenvalue weighted by molar-refractivity contribution is 5.43. The fourth-order valence-corrected chi connectivity index (χ4v) is 2.69. The molecule has 3 rings (SSSR count). The molecule has 1 saturated heterocycles. The highest BCUT2D eigenvalue weighted by Crippen LogP contribution is 2.38. The second kappa shape index (κ2) is 4.83. The summed E-state index contributed by atoms with van der Waals surface area (Å²) in [5.41, 5.74) is 5.82. The second-order valence-corrected chi connectivity index (χ2v) is 5.84. The number of hydrogen-bond acceptors (Lipinski definition) is 6. The molecule has 1 saturated carbocycles. The lowest BCUT2D eigenvalue weighted by Crippen LogP contribution is -2.26. The number of nitrogens with two attached hydrogens (primary N) is 1. The first kappa shape index (κ1) is 12.4. The Morgan fingerprint density at radius 2 is 1.95 bits per heavy atom. The van der Waals surface area contributed by atoms with E-state index in [4.69, 9.17) is 5.73 Å². The number of hydrogen-bond donors (Lipinski definition) is 1. The van der Waals surface area contributed by atoms with Crippen molar-refractivity contribution in [3.8, 4) is 0 Å². The SMILES string of the molecule is CC1CC1CN(C)c1nc(N)nc(N2CCCC2)n1. The van der Waals surface area contributed by atoms with Crippen molar-refractivity contribution in [2.75, 3.05) is 42.2 Å². The summed E-state index contributed by atoms with van der Waals surface area (Å²) in [4.78, 5) is 17.4. The molecule has 19 heavy (non-hydrogen) atoms. The second-order valence-electron chi connectivity index (χ2n) is 5.84. The van der Waals surface area contributed by atoms with E-state index in [9.17, 15) is 0 Å². The van der Waals surface area contributed by atoms with E-state index in [1.165, 1.54) is 19.3 Å². The van der Waals surface area contributed by atoms with Crippen molar-refractivity contribution in [3.63, 3.8) is 0 Å². The fourth-order valence-electron chi connectivity index (χ4n) is 2.69. The van der Waals surface area contributed by atoms with Gasteiger partial charge in [0.25, 0.3) is 0 Å². The Kier molecular flexibility index (Phi) is 3.16. The molecule has 0 amide bonds. The summed E-state index contributed by atoms with van der Waals surface area (Å²) in [6.45, 7) is 5.33. The molecule has 1 aromatic heterocycles. The minimum atomic E-state index is 0.322. The molecule has 0 radical (unpaired) electrons. The Hall–Kier alpha value is -1.59. The van der Waals surface area contributed by atoms with Crippen LogP contribution in [0.1, 0.15) is 26.2 Å². The van der Waals surface area contributed by atoms with Crippen LogP contribution in [0.3, 0.4) is 0 Å². The average molecular weight is 262 g/mol. The molecule has 6 heteroatoms. The van der Waals surface area contributed by atoms with E-state index in [-0.39, 0.29) is 0 Å². The standard InChI is InChI=1S/C13H22N6/c1-9-7-10(9)8-18(2)12-15-11(14)16-13(17-12)19-5-3-4-6-19/h9-10H,3-8H2,1-2H3,(H2,14,15,16,17). The van der Waals surface area contributed by atoms with Gasteiger partial charge in [0.2, 0.25) is 17.8 Å². The van der Waals surface area contributed by atoms with Crippen LogP contribution in [0.15, 0.2) is 0 Å². The topological polar surface area (TPSA) is 71.2 Å². The number of anilines is 3. The van der Waals surface area contributed by atoms with Gasteiger partial charge in [0.15, 0.2) is 0 Å². The van der Waals surface area contributed by atoms with Gasteiger partial charge in [-0.2, -0.15) is 15.0 Å². The minimum Gasteiger partial charge on any atom is -0.368 e. The van der Waals surface area contributed by atoms with Crippen LogP contribution in [0.5, 0.6) is 0 Å². The van der Waals surface area contributed by atoms with Crippen molar-refractivity contribution >= 4 is 17.8 Å². The quantitative estimate of drug-likeness (QED) is 0.877. The van der Waals surface area contributed by atoms with E-state index in [1.807, 2.05) is 7.05 Å². The molecule has 0 aromatic carbocycles. The van der Waals surface area contributed by atoms with Crippen LogP contribution < -0.4 is 15.5 Å². The van der Waals surface area contributed by atoms with Crippen LogP contribution in [-0.4, -0.2) is 41.6 Å². The highest BCUT2D eigenvalue weighted by atomic mass is 15.3. The van der Waals surface area contributed by atoms with Crippen molar-refractivity contribution in [2.45, 2.75) is 26.2 Å². The summed E-state index contributed by atoms with van der Waals surface area (Å²) in [6, 6.07) is 0. The van der Waals surface area contributed by atoms with Crippen molar-refractivity contribution in [2.24, 2.45) is 11.8 Å². The number of aromatic nitrogens is 3. The van der Waals surface area contributed by atoms with Crippen LogP contribution in [0.4, 0.5) is 17.8 Å². The van der Waals surface area contributed by atoms with Gasteiger partial charge < -0.3 is 15.5 Å². The maximum absolute atomic E-state index is 5.82. The Bertz CT molecular complexity index is 456. The van der Waals surface area contributed by atoms with Gasteiger partial charge in [0.05, 0.1) is 0 Å². The third-order valence-corrected chi connectivity index (χ3v) is 4.14. The smallest absolute Gasteiger partial charge is 0.231 e. The molecule has 1 aliphatic heterocycles. The molecule has 0 bridgehead atoms. The van der Waals surface area contributed by atoms with Crippen LogP contribution in [-0.2, 0) is 0 Å². The molecular formula is C13H22N6. The molecule has 2 unspecified atom stereocenters. The van der Waals surface area contributed by atoms with E-state index >= 15 is 0 Å². The van der Waals surface area contributed by atoms with E-state index in [0.29, 0.717) is 11.9 Å². The molecule has 2 aliphatic rings. The van der Waals surface area contributed by atoms with Gasteiger partial charge in [-0.3, -0.25) is 0 Å². The summed E-state index contributed by atoms with van der Waals surface area (Å²) < 4.78 is 0. The van der Waals surface area contributed by atoms with Crippen LogP contribution in [0.2, 0.25) is 0 Å². The van der Waals surface area contributed by atoms with E-state index in [2.05, 4.69) is 31.7 Å². The summed E-state index contributed by atoms with van der Waals surface area (Å²) in [7, 11) is 2.04. The Balaban J connectivity index is 1.76. The molecule has 6 nitrogen and oxygen atoms in total. The third kappa shape index (κ3) is 2.72. The number of nitrogens with zero attached hydrogens (tertiary/aromatic N) is 5. The van der Waals surface area contributed by atoms with Gasteiger partial charge in [-0.25, -0.2) is 0 Å². The van der Waals surface area contributed by atoms with Crippen LogP contribution in [0, 0.1) is 11.8 Å². The van der Waals surface area contributed by atoms with Gasteiger partial charge in [-0.15, -0.1) is 0 Å². The fraction of sp³-hybridized carbons (Fsp3) is 0.769. The third-order valence-electron chi connectivity index (χ3n) is 4.14. The molecule has 0 spiro atoms. The lowest BCUT2D eigenvalue weighted by atomic mass is 10.3. The minimum absolute atomic E-state index is 0.322. The molecule has 2 heterocycles. The summed E-state index contributed by atoms with van der Waals surface area (Å²) in [5, 5.41) is 0. The van der Waals surface area contributed by atoms with Crippen molar-refractivity contribution in [3.05, 3.63) is 0 Å². The molecule has 2 N–H and O–H groups in total. The van der Waals surface area contributed by atoms with Crippen LogP contribution in [0.25, 0.3) is 0 Å². The summed E-state index contributed by atoms with van der Waals surface area (Å²) >= 11 is 0. The maximum atomic E-state index is 5.82. The zero-order valence-corrected chi connectivity index (χ0v) is 11.7. The van der Waals surface area contributed by atoms with E-state index in [1.54, 1.807) is 0 Å². The first-order chi connectivity index (χ1) is 9.13. The first-order valence-corrected chi connectivity index (χ1v) is 7.11. The lowest BCUT2D eigenvalue weighted by molar-refractivity contribution is 0.708. The van der Waals surface area contributed by atoms with Crippen molar-refractivity contribution in [1.29, 1.82) is 0 Å². The normalized spacial score (nSPS) is 25.7. The first-order valence-electron chi connectivity index (χ1n) is 7.11. The number of rotatable bonds is 4. The van der Waals surface area contributed by atoms with E-state index < -0.39 is 0 Å². The summed E-state index contributed by atoms with van der Waals surface area (Å²) in [6.07, 6.45) is 3.72. The van der Waals surface area contributed by atoms with Crippen molar-refractivity contribution in [1.82, 2.24) is 15.0 Å². The Morgan fingerprint density at radius 3 is 2.58 bits per heavy atom. The molecule has 2 atom stereocenters. The zero-order chi connectivity index (χ0) is 13.4. The lowest BCUT2D eigenvalue weighted by Gasteiger charge is -2.20. The summed E-state index contributed by atoms with van der Waals surface area (Å²) in [5.74, 6) is 3.37. The average Bonchev–Trinajstić information content (AvgIpc) is 2.88. The van der Waals surface area contributed by atoms with Gasteiger partial charge >= 0.3 is 0 Å². The Morgan fingerprint density at radius 1 is 1.26 bits per heavy atom. The Labute approximate surface area is 114 Å². The molecule has 104 valence electrons. The zero-order valence-electron chi connectivity index (χ0n) is 11.7. The molecular weight excluding hydrogens is 240 g/mol. The van der Waals surface area contributed by atoms with Gasteiger partial charge in [-0.05, 0) is 31.1 Å². The monoisotopic (exact) mass is 262 g/mol.